The highest BCUT2D eigenvalue weighted by atomic mass is 14.7. The van der Waals surface area contributed by atoms with Crippen LogP contribution in [0.25, 0.3) is 0 Å². The van der Waals surface area contributed by atoms with Gasteiger partial charge in [0.05, 0.1) is 0 Å². The Balaban J connectivity index is 2.18. The topological polar surface area (TPSA) is 26.0 Å². The summed E-state index contributed by atoms with van der Waals surface area (Å²) in [5, 5.41) is 0. The zero-order valence-corrected chi connectivity index (χ0v) is 12.1. The van der Waals surface area contributed by atoms with Crippen LogP contribution in [-0.2, 0) is 5.41 Å². The van der Waals surface area contributed by atoms with Crippen LogP contribution in [0.5, 0.6) is 0 Å². The second-order valence-corrected chi connectivity index (χ2v) is 6.10. The first-order valence-electron chi connectivity index (χ1n) is 7.62. The Labute approximate surface area is 121 Å². The van der Waals surface area contributed by atoms with Crippen LogP contribution in [0.1, 0.15) is 37.3 Å². The van der Waals surface area contributed by atoms with Crippen molar-refractivity contribution in [2.24, 2.45) is 11.7 Å². The van der Waals surface area contributed by atoms with Crippen LogP contribution in [-0.4, -0.2) is 6.04 Å². The van der Waals surface area contributed by atoms with E-state index in [2.05, 4.69) is 67.6 Å². The van der Waals surface area contributed by atoms with Crippen molar-refractivity contribution in [2.75, 3.05) is 0 Å². The van der Waals surface area contributed by atoms with Crippen molar-refractivity contribution in [2.45, 2.75) is 37.6 Å². The molecule has 2 unspecified atom stereocenters. The van der Waals surface area contributed by atoms with Gasteiger partial charge in [0.15, 0.2) is 0 Å². The molecule has 2 N–H and O–H groups in total. The van der Waals surface area contributed by atoms with Gasteiger partial charge in [-0.25, -0.2) is 0 Å². The molecule has 0 aromatic heterocycles. The maximum absolute atomic E-state index is 6.72. The highest BCUT2D eigenvalue weighted by Crippen LogP contribution is 2.45. The summed E-state index contributed by atoms with van der Waals surface area (Å²) in [6.45, 7) is 2.30. The molecule has 0 radical (unpaired) electrons. The Morgan fingerprint density at radius 2 is 1.40 bits per heavy atom. The molecule has 0 heterocycles. The van der Waals surface area contributed by atoms with E-state index in [0.717, 1.165) is 6.42 Å². The van der Waals surface area contributed by atoms with Gasteiger partial charge >= 0.3 is 0 Å². The minimum absolute atomic E-state index is 0.0276. The standard InChI is InChI=1S/C19H23N/c1-15-9-8-14-19(18(15)20,16-10-4-2-5-11-16)17-12-6-3-7-13-17/h2-7,10-13,15,18H,8-9,14,20H2,1H3. The summed E-state index contributed by atoms with van der Waals surface area (Å²) in [4.78, 5) is 0. The molecule has 1 aliphatic carbocycles. The molecule has 20 heavy (non-hydrogen) atoms. The van der Waals surface area contributed by atoms with Crippen molar-refractivity contribution in [3.05, 3.63) is 71.8 Å². The lowest BCUT2D eigenvalue weighted by molar-refractivity contribution is 0.225. The largest absolute Gasteiger partial charge is 0.326 e. The first-order valence-corrected chi connectivity index (χ1v) is 7.62. The van der Waals surface area contributed by atoms with Gasteiger partial charge < -0.3 is 5.73 Å². The van der Waals surface area contributed by atoms with Crippen molar-refractivity contribution in [3.8, 4) is 0 Å². The lowest BCUT2D eigenvalue weighted by atomic mass is 9.60. The summed E-state index contributed by atoms with van der Waals surface area (Å²) < 4.78 is 0. The maximum Gasteiger partial charge on any atom is 0.0356 e. The number of benzene rings is 2. The zero-order chi connectivity index (χ0) is 14.0. The van der Waals surface area contributed by atoms with Crippen molar-refractivity contribution in [1.29, 1.82) is 0 Å². The molecule has 1 fully saturated rings. The Kier molecular flexibility index (Phi) is 3.62. The highest BCUT2D eigenvalue weighted by Gasteiger charge is 2.44. The number of hydrogen-bond donors (Lipinski definition) is 1. The van der Waals surface area contributed by atoms with Crippen LogP contribution in [0.4, 0.5) is 0 Å². The van der Waals surface area contributed by atoms with Crippen molar-refractivity contribution < 1.29 is 0 Å². The molecule has 0 aliphatic heterocycles. The third kappa shape index (κ3) is 2.06. The quantitative estimate of drug-likeness (QED) is 0.868. The predicted octanol–water partition coefficient (Wildman–Crippen LogP) is 4.12. The second-order valence-electron chi connectivity index (χ2n) is 6.10. The fourth-order valence-electron chi connectivity index (χ4n) is 3.85. The van der Waals surface area contributed by atoms with E-state index in [-0.39, 0.29) is 11.5 Å². The molecule has 3 rings (SSSR count). The average Bonchev–Trinajstić information content (AvgIpc) is 2.52. The van der Waals surface area contributed by atoms with E-state index in [4.69, 9.17) is 5.73 Å². The molecule has 2 aromatic rings. The fourth-order valence-corrected chi connectivity index (χ4v) is 3.85. The second kappa shape index (κ2) is 5.41. The van der Waals surface area contributed by atoms with E-state index >= 15 is 0 Å². The zero-order valence-electron chi connectivity index (χ0n) is 12.1. The molecule has 1 aliphatic rings. The average molecular weight is 265 g/mol. The molecule has 0 saturated heterocycles. The molecule has 1 heteroatoms. The molecule has 1 saturated carbocycles. The van der Waals surface area contributed by atoms with Crippen LogP contribution in [0.3, 0.4) is 0 Å². The predicted molar refractivity (Wildman–Crippen MR) is 84.7 cm³/mol. The van der Waals surface area contributed by atoms with Crippen LogP contribution in [0, 0.1) is 5.92 Å². The van der Waals surface area contributed by atoms with E-state index in [1.165, 1.54) is 24.0 Å². The van der Waals surface area contributed by atoms with Gasteiger partial charge in [-0.3, -0.25) is 0 Å². The number of hydrogen-bond acceptors (Lipinski definition) is 1. The molecule has 0 bridgehead atoms. The monoisotopic (exact) mass is 265 g/mol. The molecule has 1 nitrogen and oxygen atoms in total. The molecular weight excluding hydrogens is 242 g/mol. The number of nitrogens with two attached hydrogens (primary N) is 1. The molecular formula is C19H23N. The number of rotatable bonds is 2. The summed E-state index contributed by atoms with van der Waals surface area (Å²) in [5.41, 5.74) is 9.43. The van der Waals surface area contributed by atoms with E-state index in [9.17, 15) is 0 Å². The first-order chi connectivity index (χ1) is 9.75. The summed E-state index contributed by atoms with van der Waals surface area (Å²) >= 11 is 0. The van der Waals surface area contributed by atoms with E-state index in [1.807, 2.05) is 0 Å². The van der Waals surface area contributed by atoms with Gasteiger partial charge in [0.25, 0.3) is 0 Å². The Morgan fingerprint density at radius 3 is 1.90 bits per heavy atom. The van der Waals surface area contributed by atoms with Gasteiger partial charge in [-0.15, -0.1) is 0 Å². The van der Waals surface area contributed by atoms with Gasteiger partial charge in [-0.1, -0.05) is 74.0 Å². The smallest absolute Gasteiger partial charge is 0.0356 e. The summed E-state index contributed by atoms with van der Waals surface area (Å²) in [6, 6.07) is 21.8. The Hall–Kier alpha value is -1.60. The van der Waals surface area contributed by atoms with Crippen LogP contribution < -0.4 is 5.73 Å². The van der Waals surface area contributed by atoms with Crippen molar-refractivity contribution >= 4 is 0 Å². The molecule has 2 aromatic carbocycles. The lowest BCUT2D eigenvalue weighted by Gasteiger charge is -2.46. The third-order valence-corrected chi connectivity index (χ3v) is 4.99. The summed E-state index contributed by atoms with van der Waals surface area (Å²) in [7, 11) is 0. The SMILES string of the molecule is CC1CCCC(c2ccccc2)(c2ccccc2)C1N. The minimum atomic E-state index is -0.0276. The first kappa shape index (κ1) is 13.4. The highest BCUT2D eigenvalue weighted by molar-refractivity contribution is 5.42. The normalized spacial score (nSPS) is 25.3. The van der Waals surface area contributed by atoms with Gasteiger partial charge in [-0.05, 0) is 29.9 Å². The maximum atomic E-state index is 6.72. The minimum Gasteiger partial charge on any atom is -0.326 e. The molecule has 2 atom stereocenters. The Morgan fingerprint density at radius 1 is 0.900 bits per heavy atom. The summed E-state index contributed by atoms with van der Waals surface area (Å²) in [5.74, 6) is 0.559. The van der Waals surface area contributed by atoms with E-state index < -0.39 is 0 Å². The van der Waals surface area contributed by atoms with Crippen LogP contribution in [0.15, 0.2) is 60.7 Å². The fraction of sp³-hybridized carbons (Fsp3) is 0.368. The van der Waals surface area contributed by atoms with Crippen LogP contribution in [0.2, 0.25) is 0 Å². The van der Waals surface area contributed by atoms with Gasteiger partial charge in [0.1, 0.15) is 0 Å². The van der Waals surface area contributed by atoms with Crippen LogP contribution >= 0.6 is 0 Å². The molecule has 104 valence electrons. The molecule has 0 spiro atoms. The van der Waals surface area contributed by atoms with E-state index in [0.29, 0.717) is 5.92 Å². The van der Waals surface area contributed by atoms with Gasteiger partial charge in [0, 0.05) is 11.5 Å². The molecule has 0 amide bonds. The lowest BCUT2D eigenvalue weighted by Crippen LogP contribution is -2.52. The summed E-state index contributed by atoms with van der Waals surface area (Å²) in [6.07, 6.45) is 3.63. The van der Waals surface area contributed by atoms with Gasteiger partial charge in [0.2, 0.25) is 0 Å². The van der Waals surface area contributed by atoms with Crippen molar-refractivity contribution in [3.63, 3.8) is 0 Å². The van der Waals surface area contributed by atoms with Crippen molar-refractivity contribution in [1.82, 2.24) is 0 Å². The third-order valence-electron chi connectivity index (χ3n) is 4.99. The Bertz CT molecular complexity index is 507. The van der Waals surface area contributed by atoms with Gasteiger partial charge in [-0.2, -0.15) is 0 Å². The van der Waals surface area contributed by atoms with E-state index in [1.54, 1.807) is 0 Å².